The summed E-state index contributed by atoms with van der Waals surface area (Å²) >= 11 is 13.2. The summed E-state index contributed by atoms with van der Waals surface area (Å²) in [4.78, 5) is 13.8. The van der Waals surface area contributed by atoms with Crippen LogP contribution in [-0.4, -0.2) is 5.91 Å². The maximum atomic E-state index is 13.0. The van der Waals surface area contributed by atoms with Gasteiger partial charge in [-0.1, -0.05) is 53.5 Å². The second kappa shape index (κ2) is 9.11. The lowest BCUT2D eigenvalue weighted by Crippen LogP contribution is -2.19. The van der Waals surface area contributed by atoms with Crippen LogP contribution in [0.25, 0.3) is 0 Å². The zero-order valence-corrected chi connectivity index (χ0v) is 17.0. The number of amides is 1. The highest BCUT2D eigenvalue weighted by Gasteiger charge is 2.31. The number of carbonyl (C=O) groups is 1. The smallest absolute Gasteiger partial charge is 0.323 e. The number of benzene rings is 3. The molecule has 150 valence electrons. The maximum Gasteiger partial charge on any atom is 0.416 e. The Morgan fingerprint density at radius 2 is 1.59 bits per heavy atom. The number of nitrogens with one attached hydrogen (secondary N) is 1. The van der Waals surface area contributed by atoms with Gasteiger partial charge in [-0.3, -0.25) is 4.79 Å². The van der Waals surface area contributed by atoms with Gasteiger partial charge in [-0.25, -0.2) is 0 Å². The number of thioether (sulfide) groups is 1. The molecule has 0 unspecified atom stereocenters. The predicted molar refractivity (Wildman–Crippen MR) is 112 cm³/mol. The highest BCUT2D eigenvalue weighted by atomic mass is 35.5. The summed E-state index contributed by atoms with van der Waals surface area (Å²) in [6, 6.07) is 18.7. The summed E-state index contributed by atoms with van der Waals surface area (Å²) in [5.74, 6) is -0.489. The molecule has 8 heteroatoms. The lowest BCUT2D eigenvalue weighted by atomic mass is 10.1. The summed E-state index contributed by atoms with van der Waals surface area (Å²) in [6.07, 6.45) is -4.54. The van der Waals surface area contributed by atoms with Gasteiger partial charge in [0, 0.05) is 9.92 Å². The number of hydrogen-bond donors (Lipinski definition) is 1. The number of halogens is 5. The van der Waals surface area contributed by atoms with E-state index in [4.69, 9.17) is 23.2 Å². The third kappa shape index (κ3) is 5.69. The molecule has 0 heterocycles. The second-order valence-corrected chi connectivity index (χ2v) is 8.07. The first-order valence-corrected chi connectivity index (χ1v) is 10.0. The third-order valence-corrected chi connectivity index (χ3v) is 5.81. The van der Waals surface area contributed by atoms with Crippen molar-refractivity contribution in [3.05, 3.63) is 94.0 Å². The van der Waals surface area contributed by atoms with E-state index in [0.29, 0.717) is 10.6 Å². The number of hydrogen-bond acceptors (Lipinski definition) is 2. The van der Waals surface area contributed by atoms with Gasteiger partial charge < -0.3 is 5.32 Å². The van der Waals surface area contributed by atoms with Crippen molar-refractivity contribution in [2.24, 2.45) is 0 Å². The lowest BCUT2D eigenvalue weighted by molar-refractivity contribution is -0.137. The zero-order valence-electron chi connectivity index (χ0n) is 14.7. The van der Waals surface area contributed by atoms with Crippen molar-refractivity contribution in [3.8, 4) is 0 Å². The van der Waals surface area contributed by atoms with Crippen LogP contribution in [0.15, 0.2) is 77.7 Å². The molecule has 0 radical (unpaired) electrons. The van der Waals surface area contributed by atoms with E-state index < -0.39 is 22.9 Å². The topological polar surface area (TPSA) is 29.1 Å². The molecule has 0 spiro atoms. The highest BCUT2D eigenvalue weighted by Crippen LogP contribution is 2.38. The minimum atomic E-state index is -4.54. The summed E-state index contributed by atoms with van der Waals surface area (Å²) in [7, 11) is 0. The molecule has 3 rings (SSSR count). The van der Waals surface area contributed by atoms with Gasteiger partial charge in [0.25, 0.3) is 0 Å². The van der Waals surface area contributed by atoms with E-state index in [1.165, 1.54) is 11.8 Å². The standard InChI is InChI=1S/C21H14Cl2F3NOS/c22-15-7-9-16(10-8-15)29-19(13-4-2-1-3-5-13)20(28)27-18-12-14(21(24,25)26)6-11-17(18)23/h1-12,19H,(H,27,28)/t19-/m0/s1. The molecule has 0 saturated carbocycles. The summed E-state index contributed by atoms with van der Waals surface area (Å²) in [5, 5.41) is 2.41. The molecular formula is C21H14Cl2F3NOS. The van der Waals surface area contributed by atoms with Gasteiger partial charge in [0.15, 0.2) is 0 Å². The van der Waals surface area contributed by atoms with E-state index >= 15 is 0 Å². The van der Waals surface area contributed by atoms with Crippen LogP contribution >= 0.6 is 35.0 Å². The SMILES string of the molecule is O=C(Nc1cc(C(F)(F)F)ccc1Cl)[C@@H](Sc1ccc(Cl)cc1)c1ccccc1. The molecular weight excluding hydrogens is 442 g/mol. The van der Waals surface area contributed by atoms with E-state index in [0.717, 1.165) is 23.1 Å². The molecule has 1 amide bonds. The monoisotopic (exact) mass is 455 g/mol. The Bertz CT molecular complexity index is 995. The number of alkyl halides is 3. The van der Waals surface area contributed by atoms with Crippen LogP contribution in [0.5, 0.6) is 0 Å². The Hall–Kier alpha value is -2.15. The zero-order chi connectivity index (χ0) is 21.0. The van der Waals surface area contributed by atoms with Crippen LogP contribution in [0.4, 0.5) is 18.9 Å². The molecule has 0 aliphatic rings. The van der Waals surface area contributed by atoms with Gasteiger partial charge in [0.2, 0.25) is 5.91 Å². The summed E-state index contributed by atoms with van der Waals surface area (Å²) in [5.41, 5.74) is -0.281. The van der Waals surface area contributed by atoms with Gasteiger partial charge >= 0.3 is 6.18 Å². The Morgan fingerprint density at radius 3 is 2.21 bits per heavy atom. The van der Waals surface area contributed by atoms with E-state index in [1.807, 2.05) is 6.07 Å². The van der Waals surface area contributed by atoms with Crippen molar-refractivity contribution in [1.29, 1.82) is 0 Å². The minimum Gasteiger partial charge on any atom is -0.323 e. The predicted octanol–water partition coefficient (Wildman–Crippen LogP) is 7.48. The molecule has 0 fully saturated rings. The van der Waals surface area contributed by atoms with Crippen LogP contribution in [-0.2, 0) is 11.0 Å². The number of rotatable bonds is 5. The molecule has 29 heavy (non-hydrogen) atoms. The van der Waals surface area contributed by atoms with Gasteiger partial charge in [-0.2, -0.15) is 13.2 Å². The Labute approximate surface area is 180 Å². The average molecular weight is 456 g/mol. The second-order valence-electron chi connectivity index (χ2n) is 6.04. The lowest BCUT2D eigenvalue weighted by Gasteiger charge is -2.18. The minimum absolute atomic E-state index is 0.0228. The molecule has 1 N–H and O–H groups in total. The number of anilines is 1. The Morgan fingerprint density at radius 1 is 0.931 bits per heavy atom. The Balaban J connectivity index is 1.90. The normalized spacial score (nSPS) is 12.4. The van der Waals surface area contributed by atoms with E-state index in [9.17, 15) is 18.0 Å². The van der Waals surface area contributed by atoms with Gasteiger partial charge in [0.05, 0.1) is 16.3 Å². The molecule has 0 aliphatic heterocycles. The van der Waals surface area contributed by atoms with Gasteiger partial charge in [-0.15, -0.1) is 11.8 Å². The largest absolute Gasteiger partial charge is 0.416 e. The molecule has 3 aromatic rings. The van der Waals surface area contributed by atoms with Crippen molar-refractivity contribution < 1.29 is 18.0 Å². The van der Waals surface area contributed by atoms with Gasteiger partial charge in [0.1, 0.15) is 5.25 Å². The summed E-state index contributed by atoms with van der Waals surface area (Å²) in [6.45, 7) is 0. The molecule has 0 aromatic heterocycles. The van der Waals surface area contributed by atoms with Crippen molar-refractivity contribution in [2.45, 2.75) is 16.3 Å². The van der Waals surface area contributed by atoms with Crippen LogP contribution < -0.4 is 5.32 Å². The fourth-order valence-electron chi connectivity index (χ4n) is 2.55. The quantitative estimate of drug-likeness (QED) is 0.403. The fraction of sp³-hybridized carbons (Fsp3) is 0.0952. The number of carbonyl (C=O) groups excluding carboxylic acids is 1. The van der Waals surface area contributed by atoms with Crippen molar-refractivity contribution in [2.75, 3.05) is 5.32 Å². The van der Waals surface area contributed by atoms with E-state index in [2.05, 4.69) is 5.32 Å². The molecule has 2 nitrogen and oxygen atoms in total. The van der Waals surface area contributed by atoms with Crippen molar-refractivity contribution in [1.82, 2.24) is 0 Å². The third-order valence-electron chi connectivity index (χ3n) is 3.96. The molecule has 3 aromatic carbocycles. The first kappa shape index (κ1) is 21.6. The first-order valence-electron chi connectivity index (χ1n) is 8.39. The maximum absolute atomic E-state index is 13.0. The van der Waals surface area contributed by atoms with E-state index in [-0.39, 0.29) is 10.7 Å². The fourth-order valence-corrected chi connectivity index (χ4v) is 3.86. The molecule has 0 aliphatic carbocycles. The highest BCUT2D eigenvalue weighted by molar-refractivity contribution is 8.00. The van der Waals surface area contributed by atoms with Crippen LogP contribution in [0, 0.1) is 0 Å². The van der Waals surface area contributed by atoms with Crippen molar-refractivity contribution in [3.63, 3.8) is 0 Å². The molecule has 1 atom stereocenters. The van der Waals surface area contributed by atoms with Gasteiger partial charge in [-0.05, 0) is 48.0 Å². The van der Waals surface area contributed by atoms with Crippen molar-refractivity contribution >= 4 is 46.6 Å². The van der Waals surface area contributed by atoms with E-state index in [1.54, 1.807) is 48.5 Å². The van der Waals surface area contributed by atoms with Crippen LogP contribution in [0.3, 0.4) is 0 Å². The summed E-state index contributed by atoms with van der Waals surface area (Å²) < 4.78 is 39.0. The molecule has 0 saturated heterocycles. The molecule has 0 bridgehead atoms. The van der Waals surface area contributed by atoms with Crippen LogP contribution in [0.2, 0.25) is 10.0 Å². The Kier molecular flexibility index (Phi) is 6.77. The van der Waals surface area contributed by atoms with Crippen LogP contribution in [0.1, 0.15) is 16.4 Å². The first-order chi connectivity index (χ1) is 13.7. The average Bonchev–Trinajstić information content (AvgIpc) is 2.69.